The van der Waals surface area contributed by atoms with E-state index < -0.39 is 5.82 Å². The van der Waals surface area contributed by atoms with Crippen molar-refractivity contribution in [3.63, 3.8) is 0 Å². The fourth-order valence-corrected chi connectivity index (χ4v) is 2.64. The smallest absolute Gasteiger partial charge is 0.326 e. The summed E-state index contributed by atoms with van der Waals surface area (Å²) in [6.07, 6.45) is 0. The number of fused-ring (bicyclic) bond motifs is 1. The van der Waals surface area contributed by atoms with Crippen molar-refractivity contribution in [2.24, 2.45) is 0 Å². The van der Waals surface area contributed by atoms with E-state index in [1.807, 2.05) is 24.3 Å². The van der Waals surface area contributed by atoms with Gasteiger partial charge in [0.15, 0.2) is 0 Å². The Labute approximate surface area is 149 Å². The molecule has 1 heterocycles. The zero-order valence-electron chi connectivity index (χ0n) is 14.2. The normalized spacial score (nSPS) is 10.7. The predicted molar refractivity (Wildman–Crippen MR) is 93.9 cm³/mol. The largest absolute Gasteiger partial charge is 0.465 e. The van der Waals surface area contributed by atoms with Crippen molar-refractivity contribution in [3.8, 4) is 0 Å². The number of hydrogen-bond acceptors (Lipinski definition) is 4. The first-order valence-corrected chi connectivity index (χ1v) is 8.22. The van der Waals surface area contributed by atoms with Crippen LogP contribution < -0.4 is 5.32 Å². The number of benzene rings is 2. The molecule has 26 heavy (non-hydrogen) atoms. The molecule has 134 valence electrons. The molecule has 0 aliphatic carbocycles. The van der Waals surface area contributed by atoms with Crippen LogP contribution in [0, 0.1) is 5.82 Å². The Hall–Kier alpha value is -3.22. The number of esters is 1. The highest BCUT2D eigenvalue weighted by atomic mass is 19.1. The maximum atomic E-state index is 13.0. The fourth-order valence-electron chi connectivity index (χ4n) is 2.64. The Bertz CT molecular complexity index is 935. The van der Waals surface area contributed by atoms with Crippen LogP contribution in [-0.2, 0) is 22.6 Å². The molecule has 2 aromatic carbocycles. The van der Waals surface area contributed by atoms with Gasteiger partial charge in [-0.1, -0.05) is 12.1 Å². The van der Waals surface area contributed by atoms with Crippen LogP contribution in [0.4, 0.5) is 4.39 Å². The number of amides is 1. The molecule has 3 rings (SSSR count). The minimum atomic E-state index is -0.405. The third kappa shape index (κ3) is 3.88. The topological polar surface area (TPSA) is 73.2 Å². The highest BCUT2D eigenvalue weighted by Crippen LogP contribution is 2.16. The van der Waals surface area contributed by atoms with E-state index >= 15 is 0 Å². The lowest BCUT2D eigenvalue weighted by molar-refractivity contribution is -0.143. The van der Waals surface area contributed by atoms with Gasteiger partial charge in [0.2, 0.25) is 0 Å². The van der Waals surface area contributed by atoms with E-state index in [9.17, 15) is 14.0 Å². The molecule has 0 bridgehead atoms. The quantitative estimate of drug-likeness (QED) is 0.690. The van der Waals surface area contributed by atoms with Crippen LogP contribution >= 0.6 is 0 Å². The minimum absolute atomic E-state index is 0.0100. The zero-order valence-corrected chi connectivity index (χ0v) is 14.2. The van der Waals surface area contributed by atoms with Crippen LogP contribution in [0.15, 0.2) is 48.5 Å². The van der Waals surface area contributed by atoms with Gasteiger partial charge in [-0.15, -0.1) is 0 Å². The predicted octanol–water partition coefficient (Wildman–Crippen LogP) is 2.67. The van der Waals surface area contributed by atoms with Gasteiger partial charge < -0.3 is 14.6 Å². The summed E-state index contributed by atoms with van der Waals surface area (Å²) < 4.78 is 19.7. The standard InChI is InChI=1S/C19H18FN3O3/c1-2-26-18(24)12-23-16-6-4-3-5-15(16)22-17(23)11-21-19(25)13-7-9-14(20)10-8-13/h3-10H,2,11-12H2,1H3,(H,21,25). The van der Waals surface area contributed by atoms with Gasteiger partial charge in [0, 0.05) is 5.56 Å². The van der Waals surface area contributed by atoms with E-state index in [-0.39, 0.29) is 25.0 Å². The van der Waals surface area contributed by atoms with Crippen molar-refractivity contribution in [2.45, 2.75) is 20.0 Å². The molecule has 0 unspecified atom stereocenters. The maximum absolute atomic E-state index is 13.0. The summed E-state index contributed by atoms with van der Waals surface area (Å²) in [7, 11) is 0. The van der Waals surface area contributed by atoms with Crippen molar-refractivity contribution in [1.82, 2.24) is 14.9 Å². The molecule has 0 saturated heterocycles. The summed E-state index contributed by atoms with van der Waals surface area (Å²) in [6.45, 7) is 2.18. The van der Waals surface area contributed by atoms with E-state index in [2.05, 4.69) is 10.3 Å². The monoisotopic (exact) mass is 355 g/mol. The molecule has 0 fully saturated rings. The zero-order chi connectivity index (χ0) is 18.5. The number of rotatable bonds is 6. The number of aromatic nitrogens is 2. The van der Waals surface area contributed by atoms with Gasteiger partial charge in [-0.25, -0.2) is 9.37 Å². The van der Waals surface area contributed by atoms with Crippen LogP contribution in [0.3, 0.4) is 0 Å². The van der Waals surface area contributed by atoms with Gasteiger partial charge in [-0.2, -0.15) is 0 Å². The first-order chi connectivity index (χ1) is 12.6. The second-order valence-corrected chi connectivity index (χ2v) is 5.60. The molecule has 1 aromatic heterocycles. The molecule has 0 aliphatic heterocycles. The molecule has 0 aliphatic rings. The van der Waals surface area contributed by atoms with Gasteiger partial charge in [0.05, 0.1) is 24.2 Å². The minimum Gasteiger partial charge on any atom is -0.465 e. The highest BCUT2D eigenvalue weighted by Gasteiger charge is 2.15. The molecule has 0 spiro atoms. The Morgan fingerprint density at radius 2 is 1.88 bits per heavy atom. The van der Waals surface area contributed by atoms with Crippen LogP contribution in [0.5, 0.6) is 0 Å². The molecular weight excluding hydrogens is 337 g/mol. The number of carbonyl (C=O) groups is 2. The lowest BCUT2D eigenvalue weighted by atomic mass is 10.2. The SMILES string of the molecule is CCOC(=O)Cn1c(CNC(=O)c2ccc(F)cc2)nc2ccccc21. The molecule has 0 saturated carbocycles. The van der Waals surface area contributed by atoms with Crippen LogP contribution in [0.1, 0.15) is 23.1 Å². The summed E-state index contributed by atoms with van der Waals surface area (Å²) >= 11 is 0. The number of nitrogens with zero attached hydrogens (tertiary/aromatic N) is 2. The van der Waals surface area contributed by atoms with Gasteiger partial charge in [-0.05, 0) is 43.3 Å². The molecule has 0 radical (unpaired) electrons. The van der Waals surface area contributed by atoms with Crippen molar-refractivity contribution in [1.29, 1.82) is 0 Å². The molecule has 1 amide bonds. The second-order valence-electron chi connectivity index (χ2n) is 5.60. The summed E-state index contributed by atoms with van der Waals surface area (Å²) in [5.74, 6) is -0.589. The lowest BCUT2D eigenvalue weighted by Crippen LogP contribution is -2.25. The van der Waals surface area contributed by atoms with Gasteiger partial charge in [0.25, 0.3) is 5.91 Å². The molecule has 1 N–H and O–H groups in total. The van der Waals surface area contributed by atoms with Gasteiger partial charge >= 0.3 is 5.97 Å². The number of halogens is 1. The van der Waals surface area contributed by atoms with E-state index in [1.165, 1.54) is 24.3 Å². The molecular formula is C19H18FN3O3. The average Bonchev–Trinajstić information content (AvgIpc) is 2.98. The average molecular weight is 355 g/mol. The first kappa shape index (κ1) is 17.6. The summed E-state index contributed by atoms with van der Waals surface area (Å²) in [4.78, 5) is 28.6. The Balaban J connectivity index is 1.81. The lowest BCUT2D eigenvalue weighted by Gasteiger charge is -2.10. The van der Waals surface area contributed by atoms with Crippen molar-refractivity contribution in [3.05, 3.63) is 65.7 Å². The maximum Gasteiger partial charge on any atom is 0.326 e. The second kappa shape index (κ2) is 7.77. The number of para-hydroxylation sites is 2. The van der Waals surface area contributed by atoms with E-state index in [0.717, 1.165) is 11.0 Å². The third-order valence-corrected chi connectivity index (χ3v) is 3.84. The van der Waals surface area contributed by atoms with Crippen LogP contribution in [-0.4, -0.2) is 28.0 Å². The Kier molecular flexibility index (Phi) is 5.26. The van der Waals surface area contributed by atoms with E-state index in [4.69, 9.17) is 4.74 Å². The molecule has 6 nitrogen and oxygen atoms in total. The number of hydrogen-bond donors (Lipinski definition) is 1. The Morgan fingerprint density at radius 3 is 2.62 bits per heavy atom. The van der Waals surface area contributed by atoms with E-state index in [1.54, 1.807) is 11.5 Å². The van der Waals surface area contributed by atoms with Crippen molar-refractivity contribution >= 4 is 22.9 Å². The van der Waals surface area contributed by atoms with Crippen LogP contribution in [0.2, 0.25) is 0 Å². The van der Waals surface area contributed by atoms with Gasteiger partial charge in [-0.3, -0.25) is 9.59 Å². The molecule has 0 atom stereocenters. The van der Waals surface area contributed by atoms with Gasteiger partial charge in [0.1, 0.15) is 18.2 Å². The fraction of sp³-hybridized carbons (Fsp3) is 0.211. The van der Waals surface area contributed by atoms with Crippen LogP contribution in [0.25, 0.3) is 11.0 Å². The van der Waals surface area contributed by atoms with Crippen molar-refractivity contribution in [2.75, 3.05) is 6.61 Å². The third-order valence-electron chi connectivity index (χ3n) is 3.84. The highest BCUT2D eigenvalue weighted by molar-refractivity contribution is 5.94. The number of imidazole rings is 1. The summed E-state index contributed by atoms with van der Waals surface area (Å²) in [5, 5.41) is 2.74. The summed E-state index contributed by atoms with van der Waals surface area (Å²) in [6, 6.07) is 12.7. The number of nitrogens with one attached hydrogen (secondary N) is 1. The number of ether oxygens (including phenoxy) is 1. The molecule has 7 heteroatoms. The summed E-state index contributed by atoms with van der Waals surface area (Å²) in [5.41, 5.74) is 1.86. The Morgan fingerprint density at radius 1 is 1.15 bits per heavy atom. The number of carbonyl (C=O) groups excluding carboxylic acids is 2. The van der Waals surface area contributed by atoms with E-state index in [0.29, 0.717) is 18.0 Å². The molecule has 3 aromatic rings. The first-order valence-electron chi connectivity index (χ1n) is 8.22. The van der Waals surface area contributed by atoms with Crippen molar-refractivity contribution < 1.29 is 18.7 Å².